The monoisotopic (exact) mass is 514 g/mol. The molecular weight excluding hydrogens is 484 g/mol. The van der Waals surface area contributed by atoms with Crippen LogP contribution >= 0.6 is 23.1 Å². The first-order valence-corrected chi connectivity index (χ1v) is 13.0. The number of hydrogen-bond acceptors (Lipinski definition) is 8. The molecule has 2 aromatic heterocycles. The van der Waals surface area contributed by atoms with Gasteiger partial charge in [0.15, 0.2) is 17.1 Å². The highest BCUT2D eigenvalue weighted by molar-refractivity contribution is 7.99. The number of amides is 1. The Hall–Kier alpha value is -3.11. The Labute approximate surface area is 213 Å². The summed E-state index contributed by atoms with van der Waals surface area (Å²) in [5.74, 6) is 0.781. The van der Waals surface area contributed by atoms with Crippen LogP contribution in [-0.4, -0.2) is 39.5 Å². The lowest BCUT2D eigenvalue weighted by atomic mass is 10.1. The fourth-order valence-electron chi connectivity index (χ4n) is 3.53. The van der Waals surface area contributed by atoms with Crippen molar-refractivity contribution in [2.45, 2.75) is 51.9 Å². The van der Waals surface area contributed by atoms with Gasteiger partial charge in [0.25, 0.3) is 0 Å². The zero-order valence-electron chi connectivity index (χ0n) is 20.6. The molecule has 35 heavy (non-hydrogen) atoms. The molecule has 0 fully saturated rings. The van der Waals surface area contributed by atoms with E-state index in [1.165, 1.54) is 30.2 Å². The molecule has 1 atom stereocenters. The Balaban J connectivity index is 1.71. The van der Waals surface area contributed by atoms with Crippen LogP contribution in [0.5, 0.6) is 5.75 Å². The first kappa shape index (κ1) is 26.5. The van der Waals surface area contributed by atoms with Crippen molar-refractivity contribution in [1.82, 2.24) is 14.8 Å². The van der Waals surface area contributed by atoms with Gasteiger partial charge in [-0.3, -0.25) is 9.36 Å². The van der Waals surface area contributed by atoms with Crippen molar-refractivity contribution in [3.63, 3.8) is 0 Å². The number of aromatic nitrogens is 3. The molecular formula is C25H30N4O4S2. The minimum Gasteiger partial charge on any atom is -0.483 e. The average Bonchev–Trinajstić information content (AvgIpc) is 3.40. The van der Waals surface area contributed by atoms with Crippen LogP contribution in [0.4, 0.5) is 5.00 Å². The molecule has 0 aliphatic rings. The molecule has 1 amide bonds. The number of carbonyl (C=O) groups excluding carboxylic acids is 2. The van der Waals surface area contributed by atoms with Gasteiger partial charge in [0, 0.05) is 11.4 Å². The summed E-state index contributed by atoms with van der Waals surface area (Å²) in [7, 11) is 1.32. The van der Waals surface area contributed by atoms with Crippen LogP contribution in [0, 0.1) is 13.8 Å². The van der Waals surface area contributed by atoms with Crippen molar-refractivity contribution in [3.8, 4) is 5.75 Å². The second-order valence-corrected chi connectivity index (χ2v) is 10.0. The fraction of sp³-hybridized carbons (Fsp3) is 0.360. The maximum atomic E-state index is 12.7. The predicted molar refractivity (Wildman–Crippen MR) is 140 cm³/mol. The van der Waals surface area contributed by atoms with Gasteiger partial charge in [-0.15, -0.1) is 28.1 Å². The number of hydrogen-bond donors (Lipinski definition) is 1. The predicted octanol–water partition coefficient (Wildman–Crippen LogP) is 5.36. The first-order valence-electron chi connectivity index (χ1n) is 11.2. The summed E-state index contributed by atoms with van der Waals surface area (Å²) in [6.07, 6.45) is 2.16. The number of benzene rings is 1. The highest BCUT2D eigenvalue weighted by atomic mass is 32.2. The molecule has 186 valence electrons. The Kier molecular flexibility index (Phi) is 9.11. The summed E-state index contributed by atoms with van der Waals surface area (Å²) in [5.41, 5.74) is 2.60. The molecule has 2 heterocycles. The quantitative estimate of drug-likeness (QED) is 0.209. The van der Waals surface area contributed by atoms with Gasteiger partial charge in [0.05, 0.1) is 18.4 Å². The largest absolute Gasteiger partial charge is 0.483 e. The van der Waals surface area contributed by atoms with E-state index >= 15 is 0 Å². The van der Waals surface area contributed by atoms with Crippen molar-refractivity contribution in [2.75, 3.05) is 18.2 Å². The van der Waals surface area contributed by atoms with Gasteiger partial charge in [0.2, 0.25) is 5.91 Å². The van der Waals surface area contributed by atoms with Crippen LogP contribution in [0.15, 0.2) is 42.1 Å². The summed E-state index contributed by atoms with van der Waals surface area (Å²) in [4.78, 5) is 25.7. The lowest BCUT2D eigenvalue weighted by Gasteiger charge is -2.16. The normalized spacial score (nSPS) is 11.7. The summed E-state index contributed by atoms with van der Waals surface area (Å²) in [5, 5.41) is 12.5. The number of nitrogens with zero attached hydrogens (tertiary/aromatic N) is 3. The molecule has 1 N–H and O–H groups in total. The Bertz CT molecular complexity index is 1200. The molecule has 3 rings (SSSR count). The molecule has 0 aliphatic carbocycles. The van der Waals surface area contributed by atoms with E-state index in [1.54, 1.807) is 12.1 Å². The van der Waals surface area contributed by atoms with Gasteiger partial charge in [-0.05, 0) is 56.5 Å². The summed E-state index contributed by atoms with van der Waals surface area (Å²) < 4.78 is 12.9. The number of methoxy groups -OCH3 is 1. The standard InChI is InChI=1S/C25H30N4O4S2/c1-7-9-29-22(17(5)33-18-11-15(3)10-16(4)12-18)27-28-25(29)34-14-21(30)26-23-20(24(31)32-6)13-19(8-2)35-23/h7,10-13,17H,1,8-9,14H2,2-6H3,(H,26,30). The van der Waals surface area contributed by atoms with Crippen LogP contribution < -0.4 is 10.1 Å². The van der Waals surface area contributed by atoms with E-state index < -0.39 is 5.97 Å². The Morgan fingerprint density at radius 3 is 2.57 bits per heavy atom. The summed E-state index contributed by atoms with van der Waals surface area (Å²) in [6, 6.07) is 7.80. The smallest absolute Gasteiger partial charge is 0.340 e. The number of rotatable bonds is 11. The highest BCUT2D eigenvalue weighted by Gasteiger charge is 2.21. The van der Waals surface area contributed by atoms with E-state index in [4.69, 9.17) is 9.47 Å². The first-order chi connectivity index (χ1) is 16.7. The van der Waals surface area contributed by atoms with E-state index in [0.29, 0.717) is 28.1 Å². The second-order valence-electron chi connectivity index (χ2n) is 7.96. The van der Waals surface area contributed by atoms with E-state index in [0.717, 1.165) is 28.2 Å². The second kappa shape index (κ2) is 12.0. The van der Waals surface area contributed by atoms with Gasteiger partial charge < -0.3 is 14.8 Å². The molecule has 10 heteroatoms. The van der Waals surface area contributed by atoms with Crippen molar-refractivity contribution in [2.24, 2.45) is 0 Å². The van der Waals surface area contributed by atoms with Crippen LogP contribution in [0.1, 0.15) is 52.1 Å². The fourth-order valence-corrected chi connectivity index (χ4v) is 5.28. The Morgan fingerprint density at radius 2 is 1.94 bits per heavy atom. The minimum absolute atomic E-state index is 0.0988. The lowest BCUT2D eigenvalue weighted by Crippen LogP contribution is -2.16. The van der Waals surface area contributed by atoms with Crippen molar-refractivity contribution >= 4 is 40.0 Å². The lowest BCUT2D eigenvalue weighted by molar-refractivity contribution is -0.113. The number of nitrogens with one attached hydrogen (secondary N) is 1. The molecule has 1 unspecified atom stereocenters. The number of carbonyl (C=O) groups is 2. The number of anilines is 1. The zero-order chi connectivity index (χ0) is 25.5. The number of allylic oxidation sites excluding steroid dienone is 1. The number of aryl methyl sites for hydroxylation is 3. The van der Waals surface area contributed by atoms with Crippen LogP contribution in [0.2, 0.25) is 0 Å². The van der Waals surface area contributed by atoms with Crippen molar-refractivity contribution < 1.29 is 19.1 Å². The molecule has 0 radical (unpaired) electrons. The summed E-state index contributed by atoms with van der Waals surface area (Å²) >= 11 is 2.63. The van der Waals surface area contributed by atoms with Gasteiger partial charge in [-0.25, -0.2) is 4.79 Å². The molecule has 0 bridgehead atoms. The third kappa shape index (κ3) is 6.73. The molecule has 0 saturated carbocycles. The topological polar surface area (TPSA) is 95.3 Å². The third-order valence-electron chi connectivity index (χ3n) is 5.05. The SMILES string of the molecule is C=CCn1c(SCC(=O)Nc2sc(CC)cc2C(=O)OC)nnc1C(C)Oc1cc(C)cc(C)c1. The molecule has 0 aliphatic heterocycles. The third-order valence-corrected chi connectivity index (χ3v) is 7.21. The van der Waals surface area contributed by atoms with E-state index in [2.05, 4.69) is 28.2 Å². The maximum absolute atomic E-state index is 12.7. The van der Waals surface area contributed by atoms with Crippen LogP contribution in [0.3, 0.4) is 0 Å². The van der Waals surface area contributed by atoms with Gasteiger partial charge in [0.1, 0.15) is 10.8 Å². The van der Waals surface area contributed by atoms with E-state index in [1.807, 2.05) is 44.4 Å². The molecule has 0 saturated heterocycles. The van der Waals surface area contributed by atoms with E-state index in [-0.39, 0.29) is 17.8 Å². The van der Waals surface area contributed by atoms with Crippen molar-refractivity contribution in [3.05, 3.63) is 64.3 Å². The van der Waals surface area contributed by atoms with Crippen molar-refractivity contribution in [1.29, 1.82) is 0 Å². The van der Waals surface area contributed by atoms with Gasteiger partial charge in [-0.2, -0.15) is 0 Å². The van der Waals surface area contributed by atoms with Crippen LogP contribution in [-0.2, 0) is 22.5 Å². The number of ether oxygens (including phenoxy) is 2. The van der Waals surface area contributed by atoms with Gasteiger partial charge >= 0.3 is 5.97 Å². The molecule has 3 aromatic rings. The zero-order valence-corrected chi connectivity index (χ0v) is 22.2. The highest BCUT2D eigenvalue weighted by Crippen LogP contribution is 2.30. The van der Waals surface area contributed by atoms with E-state index in [9.17, 15) is 9.59 Å². The maximum Gasteiger partial charge on any atom is 0.340 e. The Morgan fingerprint density at radius 1 is 1.23 bits per heavy atom. The summed E-state index contributed by atoms with van der Waals surface area (Å²) in [6.45, 7) is 12.3. The molecule has 0 spiro atoms. The number of thioether (sulfide) groups is 1. The molecule has 1 aromatic carbocycles. The van der Waals surface area contributed by atoms with Gasteiger partial charge in [-0.1, -0.05) is 30.8 Å². The van der Waals surface area contributed by atoms with Crippen LogP contribution in [0.25, 0.3) is 0 Å². The average molecular weight is 515 g/mol. The minimum atomic E-state index is -0.475. The number of esters is 1. The number of thiophene rings is 1. The molecule has 8 nitrogen and oxygen atoms in total.